The van der Waals surface area contributed by atoms with Crippen LogP contribution in [-0.4, -0.2) is 69.2 Å². The van der Waals surface area contributed by atoms with Gasteiger partial charge in [0.05, 0.1) is 47.0 Å². The van der Waals surface area contributed by atoms with E-state index in [-0.39, 0.29) is 23.4 Å². The van der Waals surface area contributed by atoms with Crippen LogP contribution in [0.1, 0.15) is 90.5 Å². The van der Waals surface area contributed by atoms with Crippen molar-refractivity contribution in [1.29, 1.82) is 0 Å². The number of ketones is 1. The normalized spacial score (nSPS) is 19.0. The number of hydrogen-bond donors (Lipinski definition) is 0. The van der Waals surface area contributed by atoms with Gasteiger partial charge in [-0.25, -0.2) is 0 Å². The van der Waals surface area contributed by atoms with Crippen LogP contribution in [0.2, 0.25) is 0 Å². The first-order valence-corrected chi connectivity index (χ1v) is 18.6. The number of hydrogen-bond acceptors (Lipinski definition) is 5. The molecule has 12 heteroatoms. The number of halogens is 6. The first-order valence-electron chi connectivity index (χ1n) is 18.6. The third-order valence-electron chi connectivity index (χ3n) is 10.3. The highest BCUT2D eigenvalue weighted by Crippen LogP contribution is 2.45. The van der Waals surface area contributed by atoms with Crippen molar-refractivity contribution in [2.45, 2.75) is 105 Å². The lowest BCUT2D eigenvalue weighted by molar-refractivity contribution is -0.440. The Kier molecular flexibility index (Phi) is 14.8. The van der Waals surface area contributed by atoms with E-state index in [2.05, 4.69) is 25.3 Å². The van der Waals surface area contributed by atoms with Crippen LogP contribution in [0.3, 0.4) is 0 Å². The Morgan fingerprint density at radius 2 is 1.45 bits per heavy atom. The van der Waals surface area contributed by atoms with Crippen LogP contribution in [0.25, 0.3) is 0 Å². The number of fused-ring (bicyclic) bond motifs is 2. The van der Waals surface area contributed by atoms with Crippen LogP contribution in [0, 0.1) is 5.41 Å². The van der Waals surface area contributed by atoms with Crippen molar-refractivity contribution in [3.8, 4) is 0 Å². The number of carbonyl (C=O) groups excluding carboxylic acids is 1. The third-order valence-corrected chi connectivity index (χ3v) is 10.3. The predicted molar refractivity (Wildman–Crippen MR) is 206 cm³/mol. The average molecular weight is 780 g/mol. The molecule has 2 aliphatic heterocycles. The number of rotatable bonds is 11. The minimum atomic E-state index is -4.44. The average Bonchev–Trinajstić information content (AvgIpc) is 3.34. The first-order chi connectivity index (χ1) is 25.6. The van der Waals surface area contributed by atoms with Crippen molar-refractivity contribution in [2.24, 2.45) is 5.41 Å². The minimum Gasteiger partial charge on any atom is -0.495 e. The number of nitrogens with zero attached hydrogens (tertiary/aromatic N) is 2. The van der Waals surface area contributed by atoms with Crippen molar-refractivity contribution in [3.63, 3.8) is 0 Å². The molecule has 2 aromatic rings. The van der Waals surface area contributed by atoms with Gasteiger partial charge in [0.1, 0.15) is 5.76 Å². The Hall–Kier alpha value is -3.90. The molecule has 0 radical (unpaired) electrons. The molecule has 2 aromatic carbocycles. The Morgan fingerprint density at radius 1 is 0.891 bits per heavy atom. The molecule has 55 heavy (non-hydrogen) atoms. The molecule has 6 nitrogen and oxygen atoms in total. The summed E-state index contributed by atoms with van der Waals surface area (Å²) in [6, 6.07) is 7.94. The fourth-order valence-electron chi connectivity index (χ4n) is 7.11. The van der Waals surface area contributed by atoms with Gasteiger partial charge in [0.15, 0.2) is 12.3 Å². The van der Waals surface area contributed by atoms with Gasteiger partial charge in [-0.3, -0.25) is 4.79 Å². The predicted octanol–water partition coefficient (Wildman–Crippen LogP) is 10.6. The SMILES string of the molecule is C=CC1=C(OC)/C(=C\C2=[N+](CCC(C)OC)c3cc(C(F)(F)F)ccc3C2(C)C)C1=O.CC.COC(C)CCN1CC(C)(C)Cc2ccc(C(F)(F)F)cc21. The fraction of sp³-hybridized carbons (Fsp3) is 0.535. The van der Waals surface area contributed by atoms with Crippen LogP contribution in [0.4, 0.5) is 37.7 Å². The van der Waals surface area contributed by atoms with Crippen LogP contribution in [0.5, 0.6) is 0 Å². The van der Waals surface area contributed by atoms with E-state index in [1.54, 1.807) is 26.4 Å². The second-order valence-corrected chi connectivity index (χ2v) is 15.2. The molecule has 0 spiro atoms. The lowest BCUT2D eigenvalue weighted by Crippen LogP contribution is -2.41. The van der Waals surface area contributed by atoms with Gasteiger partial charge in [-0.2, -0.15) is 30.9 Å². The van der Waals surface area contributed by atoms with Crippen molar-refractivity contribution in [1.82, 2.24) is 0 Å². The molecular formula is C43H57F6N2O4+. The van der Waals surface area contributed by atoms with Crippen LogP contribution < -0.4 is 4.90 Å². The molecule has 3 aliphatic rings. The molecule has 1 aliphatic carbocycles. The van der Waals surface area contributed by atoms with Crippen molar-refractivity contribution in [3.05, 3.63) is 94.3 Å². The number of methoxy groups -OCH3 is 3. The third kappa shape index (κ3) is 10.3. The lowest BCUT2D eigenvalue weighted by atomic mass is 9.78. The fourth-order valence-corrected chi connectivity index (χ4v) is 7.11. The van der Waals surface area contributed by atoms with E-state index >= 15 is 0 Å². The summed E-state index contributed by atoms with van der Waals surface area (Å²) in [6.45, 7) is 21.6. The molecule has 0 saturated carbocycles. The number of benzene rings is 2. The Labute approximate surface area is 322 Å². The molecule has 0 N–H and O–H groups in total. The van der Waals surface area contributed by atoms with Crippen molar-refractivity contribution < 1.29 is 49.9 Å². The lowest BCUT2D eigenvalue weighted by Gasteiger charge is -2.41. The molecular weight excluding hydrogens is 722 g/mol. The second kappa shape index (κ2) is 17.9. The topological polar surface area (TPSA) is 51.0 Å². The Balaban J connectivity index is 0.000000298. The van der Waals surface area contributed by atoms with Gasteiger partial charge in [-0.05, 0) is 69.7 Å². The van der Waals surface area contributed by atoms with E-state index in [4.69, 9.17) is 14.2 Å². The summed E-state index contributed by atoms with van der Waals surface area (Å²) in [5.41, 5.74) is 2.70. The summed E-state index contributed by atoms with van der Waals surface area (Å²) in [5.74, 6) is 0.257. The number of ether oxygens (including phenoxy) is 3. The molecule has 2 atom stereocenters. The Morgan fingerprint density at radius 3 is 2.00 bits per heavy atom. The molecule has 0 amide bonds. The van der Waals surface area contributed by atoms with Gasteiger partial charge in [0.2, 0.25) is 11.5 Å². The van der Waals surface area contributed by atoms with E-state index in [0.717, 1.165) is 48.0 Å². The zero-order valence-corrected chi connectivity index (χ0v) is 34.0. The maximum atomic E-state index is 13.4. The van der Waals surface area contributed by atoms with Crippen LogP contribution in [-0.2, 0) is 43.2 Å². The maximum absolute atomic E-state index is 13.4. The van der Waals surface area contributed by atoms with E-state index in [0.29, 0.717) is 42.1 Å². The number of alkyl halides is 6. The summed E-state index contributed by atoms with van der Waals surface area (Å²) >= 11 is 0. The van der Waals surface area contributed by atoms with E-state index < -0.39 is 28.9 Å². The summed E-state index contributed by atoms with van der Waals surface area (Å²) in [4.78, 5) is 14.6. The van der Waals surface area contributed by atoms with Gasteiger partial charge >= 0.3 is 12.4 Å². The number of allylic oxidation sites excluding steroid dienone is 4. The summed E-state index contributed by atoms with van der Waals surface area (Å²) in [5, 5.41) is 0. The molecule has 5 rings (SSSR count). The largest absolute Gasteiger partial charge is 0.495 e. The van der Waals surface area contributed by atoms with Gasteiger partial charge in [-0.1, -0.05) is 52.5 Å². The van der Waals surface area contributed by atoms with Crippen LogP contribution >= 0.6 is 0 Å². The first kappa shape index (κ1) is 45.5. The maximum Gasteiger partial charge on any atom is 0.416 e. The highest BCUT2D eigenvalue weighted by molar-refractivity contribution is 6.24. The van der Waals surface area contributed by atoms with Crippen LogP contribution in [0.15, 0.2) is 72.0 Å². The van der Waals surface area contributed by atoms with Gasteiger partial charge in [-0.15, -0.1) is 0 Å². The highest BCUT2D eigenvalue weighted by atomic mass is 19.4. The zero-order valence-electron chi connectivity index (χ0n) is 34.0. The van der Waals surface area contributed by atoms with Gasteiger partial charge in [0.25, 0.3) is 0 Å². The van der Waals surface area contributed by atoms with Gasteiger partial charge < -0.3 is 19.1 Å². The number of carbonyl (C=O) groups is 1. The molecule has 2 heterocycles. The zero-order chi connectivity index (χ0) is 41.7. The monoisotopic (exact) mass is 779 g/mol. The van der Waals surface area contributed by atoms with Crippen molar-refractivity contribution in [2.75, 3.05) is 45.9 Å². The van der Waals surface area contributed by atoms with E-state index in [1.807, 2.05) is 46.1 Å². The molecule has 0 aromatic heterocycles. The molecule has 0 bridgehead atoms. The summed E-state index contributed by atoms with van der Waals surface area (Å²) < 4.78 is 96.9. The van der Waals surface area contributed by atoms with E-state index in [1.165, 1.54) is 37.5 Å². The standard InChI is InChI=1S/C24H27F3NO3.C17H24F3NO.C2H6/c1-7-16-21(29)17(22(16)31-6)13-20-23(3,4)18-9-8-15(24(25,26)27)12-19(18)28(20)11-10-14(2)30-5;1-12(22-4)7-8-21-11-16(2,3)10-13-5-6-14(9-15(13)21)17(18,19)20;1-2/h7-9,12-14H,1,10-11H2,2-6H3;5-6,9,12H,7-8,10-11H2,1-4H3;1-2H3/q+1;;/b17-13-;;. The summed E-state index contributed by atoms with van der Waals surface area (Å²) in [6.07, 6.45) is -3.33. The molecule has 0 saturated heterocycles. The smallest absolute Gasteiger partial charge is 0.416 e. The minimum absolute atomic E-state index is 0.0586. The highest BCUT2D eigenvalue weighted by Gasteiger charge is 2.48. The molecule has 0 fully saturated rings. The van der Waals surface area contributed by atoms with Crippen molar-refractivity contribution >= 4 is 22.9 Å². The number of Topliss-reactive ketones (excluding diaryl/α,β-unsaturated/α-hetero) is 1. The number of anilines is 1. The van der Waals surface area contributed by atoms with Gasteiger partial charge in [0, 0.05) is 57.1 Å². The quantitative estimate of drug-likeness (QED) is 0.129. The molecule has 304 valence electrons. The van der Waals surface area contributed by atoms with E-state index in [9.17, 15) is 31.1 Å². The Bertz CT molecular complexity index is 1800. The second-order valence-electron chi connectivity index (χ2n) is 15.2. The molecule has 2 unspecified atom stereocenters. The summed E-state index contributed by atoms with van der Waals surface area (Å²) in [7, 11) is 4.73.